The highest BCUT2D eigenvalue weighted by Gasteiger charge is 2.22. The molecule has 0 radical (unpaired) electrons. The summed E-state index contributed by atoms with van der Waals surface area (Å²) in [4.78, 5) is 2.17. The van der Waals surface area contributed by atoms with Crippen LogP contribution >= 0.6 is 0 Å². The number of nitrogens with zero attached hydrogens (tertiary/aromatic N) is 1. The van der Waals surface area contributed by atoms with E-state index < -0.39 is 0 Å². The van der Waals surface area contributed by atoms with E-state index in [9.17, 15) is 0 Å². The van der Waals surface area contributed by atoms with Gasteiger partial charge in [0.1, 0.15) is 18.5 Å². The maximum absolute atomic E-state index is 5.75. The molecule has 156 valence electrons. The average molecular weight is 402 g/mol. The molecule has 3 heteroatoms. The van der Waals surface area contributed by atoms with Crippen molar-refractivity contribution in [2.75, 3.05) is 6.54 Å². The Balaban J connectivity index is 0.000000269. The summed E-state index contributed by atoms with van der Waals surface area (Å²) in [7, 11) is 0. The molecule has 0 amide bonds. The van der Waals surface area contributed by atoms with Gasteiger partial charge in [0.05, 0.1) is 6.54 Å². The van der Waals surface area contributed by atoms with Gasteiger partial charge in [-0.1, -0.05) is 78.4 Å². The summed E-state index contributed by atoms with van der Waals surface area (Å²) in [6.45, 7) is 10.4. The minimum absolute atomic E-state index is 0.228. The Bertz CT molecular complexity index is 891. The van der Waals surface area contributed by atoms with E-state index in [1.807, 2.05) is 30.3 Å². The van der Waals surface area contributed by atoms with Crippen molar-refractivity contribution < 1.29 is 9.47 Å². The Morgan fingerprint density at radius 1 is 1.03 bits per heavy atom. The van der Waals surface area contributed by atoms with Gasteiger partial charge in [0.15, 0.2) is 5.88 Å². The van der Waals surface area contributed by atoms with Crippen LogP contribution in [0, 0.1) is 0 Å². The second kappa shape index (κ2) is 11.1. The van der Waals surface area contributed by atoms with Gasteiger partial charge in [-0.05, 0) is 50.1 Å². The fourth-order valence-corrected chi connectivity index (χ4v) is 3.24. The van der Waals surface area contributed by atoms with Gasteiger partial charge < -0.3 is 14.4 Å². The molecule has 1 aliphatic carbocycles. The van der Waals surface area contributed by atoms with Crippen LogP contribution < -0.4 is 4.74 Å². The van der Waals surface area contributed by atoms with E-state index in [0.29, 0.717) is 6.61 Å². The van der Waals surface area contributed by atoms with Crippen LogP contribution in [0.4, 0.5) is 0 Å². The molecule has 1 aliphatic heterocycles. The Hall–Kier alpha value is -3.20. The van der Waals surface area contributed by atoms with Gasteiger partial charge in [0, 0.05) is 6.54 Å². The molecule has 1 saturated heterocycles. The summed E-state index contributed by atoms with van der Waals surface area (Å²) < 4.78 is 11.3. The molecule has 1 atom stereocenters. The third-order valence-electron chi connectivity index (χ3n) is 4.89. The van der Waals surface area contributed by atoms with Crippen molar-refractivity contribution in [2.45, 2.75) is 39.5 Å². The summed E-state index contributed by atoms with van der Waals surface area (Å²) in [6.07, 6.45) is 11.9. The molecule has 2 aliphatic rings. The lowest BCUT2D eigenvalue weighted by atomic mass is 10.1. The molecule has 0 bridgehead atoms. The van der Waals surface area contributed by atoms with Gasteiger partial charge in [-0.2, -0.15) is 0 Å². The SMILES string of the molecule is C=C1OC(C)CN1Cc1ccc(COc2ccccc2)cc1.CC1=CCC=CC=C1. The first-order valence-electron chi connectivity index (χ1n) is 10.5. The molecule has 2 aromatic carbocycles. The Labute approximate surface area is 180 Å². The van der Waals surface area contributed by atoms with Crippen LogP contribution in [0.15, 0.2) is 103 Å². The fraction of sp³-hybridized carbons (Fsp3) is 0.259. The molecule has 1 fully saturated rings. The van der Waals surface area contributed by atoms with E-state index in [4.69, 9.17) is 9.47 Å². The largest absolute Gasteiger partial charge is 0.489 e. The lowest BCUT2D eigenvalue weighted by Crippen LogP contribution is -2.19. The third kappa shape index (κ3) is 7.00. The first-order valence-corrected chi connectivity index (χ1v) is 10.5. The number of hydrogen-bond donors (Lipinski definition) is 0. The van der Waals surface area contributed by atoms with Gasteiger partial charge in [0.25, 0.3) is 0 Å². The predicted molar refractivity (Wildman–Crippen MR) is 124 cm³/mol. The highest BCUT2D eigenvalue weighted by molar-refractivity contribution is 5.25. The summed E-state index contributed by atoms with van der Waals surface area (Å²) in [5, 5.41) is 0. The van der Waals surface area contributed by atoms with Crippen LogP contribution in [0.25, 0.3) is 0 Å². The van der Waals surface area contributed by atoms with Gasteiger partial charge in [-0.25, -0.2) is 0 Å². The standard InChI is InChI=1S/C19H21NO2.C8H10/c1-15-12-20(16(2)22-15)13-17-8-10-18(11-9-17)14-21-19-6-4-3-5-7-19;1-8-6-4-2-3-5-7-8/h3-11,15H,2,12-14H2,1H3;2-4,6-7H,5H2,1H3. The van der Waals surface area contributed by atoms with Crippen molar-refractivity contribution in [3.8, 4) is 5.75 Å². The van der Waals surface area contributed by atoms with E-state index in [1.165, 1.54) is 11.1 Å². The van der Waals surface area contributed by atoms with Crippen LogP contribution in [-0.2, 0) is 17.9 Å². The Kier molecular flexibility index (Phi) is 7.96. The minimum Gasteiger partial charge on any atom is -0.489 e. The monoisotopic (exact) mass is 401 g/mol. The summed E-state index contributed by atoms with van der Waals surface area (Å²) in [5.74, 6) is 1.66. The van der Waals surface area contributed by atoms with Crippen molar-refractivity contribution in [3.05, 3.63) is 114 Å². The first-order chi connectivity index (χ1) is 14.6. The van der Waals surface area contributed by atoms with E-state index in [-0.39, 0.29) is 6.10 Å². The zero-order valence-corrected chi connectivity index (χ0v) is 18.0. The zero-order chi connectivity index (χ0) is 21.2. The summed E-state index contributed by atoms with van der Waals surface area (Å²) in [6, 6.07) is 18.4. The lowest BCUT2D eigenvalue weighted by molar-refractivity contribution is 0.175. The van der Waals surface area contributed by atoms with E-state index in [1.54, 1.807) is 0 Å². The highest BCUT2D eigenvalue weighted by Crippen LogP contribution is 2.21. The van der Waals surface area contributed by atoms with Crippen LogP contribution in [0.2, 0.25) is 0 Å². The lowest BCUT2D eigenvalue weighted by Gasteiger charge is -2.16. The number of allylic oxidation sites excluding steroid dienone is 6. The quantitative estimate of drug-likeness (QED) is 0.578. The number of para-hydroxylation sites is 1. The van der Waals surface area contributed by atoms with E-state index in [2.05, 4.69) is 80.0 Å². The molecule has 4 rings (SSSR count). The second-order valence-electron chi connectivity index (χ2n) is 7.59. The fourth-order valence-electron chi connectivity index (χ4n) is 3.24. The average Bonchev–Trinajstić information content (AvgIpc) is 2.92. The number of ether oxygens (including phenoxy) is 2. The van der Waals surface area contributed by atoms with Crippen LogP contribution in [0.1, 0.15) is 31.4 Å². The van der Waals surface area contributed by atoms with Gasteiger partial charge in [0.2, 0.25) is 0 Å². The maximum Gasteiger partial charge on any atom is 0.182 e. The topological polar surface area (TPSA) is 21.7 Å². The van der Waals surface area contributed by atoms with Gasteiger partial charge >= 0.3 is 0 Å². The highest BCUT2D eigenvalue weighted by atomic mass is 16.5. The molecule has 1 heterocycles. The summed E-state index contributed by atoms with van der Waals surface area (Å²) in [5.41, 5.74) is 3.77. The zero-order valence-electron chi connectivity index (χ0n) is 18.0. The van der Waals surface area contributed by atoms with Crippen molar-refractivity contribution in [2.24, 2.45) is 0 Å². The normalized spacial score (nSPS) is 17.5. The van der Waals surface area contributed by atoms with Crippen molar-refractivity contribution >= 4 is 0 Å². The van der Waals surface area contributed by atoms with Crippen molar-refractivity contribution in [1.82, 2.24) is 4.90 Å². The summed E-state index contributed by atoms with van der Waals surface area (Å²) >= 11 is 0. The number of hydrogen-bond acceptors (Lipinski definition) is 3. The third-order valence-corrected chi connectivity index (χ3v) is 4.89. The molecule has 0 saturated carbocycles. The molecule has 2 aromatic rings. The minimum atomic E-state index is 0.228. The van der Waals surface area contributed by atoms with Crippen molar-refractivity contribution in [3.63, 3.8) is 0 Å². The number of rotatable bonds is 5. The van der Waals surface area contributed by atoms with E-state index in [0.717, 1.165) is 36.7 Å². The van der Waals surface area contributed by atoms with Gasteiger partial charge in [-0.3, -0.25) is 0 Å². The molecule has 0 N–H and O–H groups in total. The molecule has 3 nitrogen and oxygen atoms in total. The predicted octanol–water partition coefficient (Wildman–Crippen LogP) is 6.41. The number of benzene rings is 2. The van der Waals surface area contributed by atoms with Gasteiger partial charge in [-0.15, -0.1) is 0 Å². The van der Waals surface area contributed by atoms with Crippen molar-refractivity contribution in [1.29, 1.82) is 0 Å². The molecular formula is C27H31NO2. The smallest absolute Gasteiger partial charge is 0.182 e. The molecular weight excluding hydrogens is 370 g/mol. The Morgan fingerprint density at radius 2 is 1.77 bits per heavy atom. The maximum atomic E-state index is 5.75. The van der Waals surface area contributed by atoms with Crippen LogP contribution in [0.5, 0.6) is 5.75 Å². The second-order valence-corrected chi connectivity index (χ2v) is 7.59. The molecule has 30 heavy (non-hydrogen) atoms. The molecule has 1 unspecified atom stereocenters. The van der Waals surface area contributed by atoms with E-state index >= 15 is 0 Å². The molecule has 0 spiro atoms. The Morgan fingerprint density at radius 3 is 2.47 bits per heavy atom. The first kappa shape index (κ1) is 21.5. The van der Waals surface area contributed by atoms with Crippen LogP contribution in [-0.4, -0.2) is 17.5 Å². The van der Waals surface area contributed by atoms with Crippen LogP contribution in [0.3, 0.4) is 0 Å². The molecule has 0 aromatic heterocycles.